The first-order chi connectivity index (χ1) is 8.18. The quantitative estimate of drug-likeness (QED) is 0.819. The van der Waals surface area contributed by atoms with E-state index in [1.165, 1.54) is 58.0 Å². The summed E-state index contributed by atoms with van der Waals surface area (Å²) in [6.45, 7) is 8.22. The van der Waals surface area contributed by atoms with E-state index in [-0.39, 0.29) is 0 Å². The summed E-state index contributed by atoms with van der Waals surface area (Å²) >= 11 is 0. The molecule has 2 fully saturated rings. The molecule has 0 spiro atoms. The summed E-state index contributed by atoms with van der Waals surface area (Å²) in [5.74, 6) is 1.72. The van der Waals surface area contributed by atoms with E-state index in [9.17, 15) is 0 Å². The maximum Gasteiger partial charge on any atom is 0.0334 e. The van der Waals surface area contributed by atoms with Crippen molar-refractivity contribution in [3.63, 3.8) is 0 Å². The predicted octanol–water partition coefficient (Wildman–Crippen LogP) is 3.02. The van der Waals surface area contributed by atoms with Crippen molar-refractivity contribution in [2.45, 2.75) is 64.3 Å². The smallest absolute Gasteiger partial charge is 0.0334 e. The highest BCUT2D eigenvalue weighted by molar-refractivity contribution is 4.97. The Kier molecular flexibility index (Phi) is 4.48. The SMILES string of the molecule is CC(C)C1CCCC(CN)(N2CCCCC2)C1. The zero-order chi connectivity index (χ0) is 12.3. The first kappa shape index (κ1) is 13.4. The van der Waals surface area contributed by atoms with Crippen LogP contribution in [-0.2, 0) is 0 Å². The highest BCUT2D eigenvalue weighted by Gasteiger charge is 2.40. The van der Waals surface area contributed by atoms with Crippen molar-refractivity contribution in [1.29, 1.82) is 0 Å². The molecule has 0 radical (unpaired) electrons. The highest BCUT2D eigenvalue weighted by Crippen LogP contribution is 2.40. The van der Waals surface area contributed by atoms with E-state index in [0.29, 0.717) is 5.54 Å². The topological polar surface area (TPSA) is 29.3 Å². The van der Waals surface area contributed by atoms with Gasteiger partial charge in [0.05, 0.1) is 0 Å². The Morgan fingerprint density at radius 3 is 2.47 bits per heavy atom. The van der Waals surface area contributed by atoms with E-state index < -0.39 is 0 Å². The molecule has 0 aromatic carbocycles. The van der Waals surface area contributed by atoms with Crippen molar-refractivity contribution < 1.29 is 0 Å². The van der Waals surface area contributed by atoms with Crippen LogP contribution < -0.4 is 5.73 Å². The third-order valence-electron chi connectivity index (χ3n) is 5.21. The number of rotatable bonds is 3. The van der Waals surface area contributed by atoms with Crippen molar-refractivity contribution in [2.24, 2.45) is 17.6 Å². The van der Waals surface area contributed by atoms with Gasteiger partial charge >= 0.3 is 0 Å². The summed E-state index contributed by atoms with van der Waals surface area (Å²) < 4.78 is 0. The van der Waals surface area contributed by atoms with E-state index >= 15 is 0 Å². The van der Waals surface area contributed by atoms with E-state index in [1.807, 2.05) is 0 Å². The second-order valence-corrected chi connectivity index (χ2v) is 6.58. The zero-order valence-electron chi connectivity index (χ0n) is 11.8. The second kappa shape index (κ2) is 5.71. The molecule has 2 nitrogen and oxygen atoms in total. The van der Waals surface area contributed by atoms with Gasteiger partial charge in [0, 0.05) is 12.1 Å². The van der Waals surface area contributed by atoms with E-state index in [4.69, 9.17) is 5.73 Å². The number of nitrogens with zero attached hydrogens (tertiary/aromatic N) is 1. The lowest BCUT2D eigenvalue weighted by atomic mass is 9.70. The van der Waals surface area contributed by atoms with E-state index in [1.54, 1.807) is 0 Å². The molecular weight excluding hydrogens is 208 g/mol. The van der Waals surface area contributed by atoms with Crippen LogP contribution in [0.25, 0.3) is 0 Å². The molecule has 2 N–H and O–H groups in total. The van der Waals surface area contributed by atoms with E-state index in [2.05, 4.69) is 18.7 Å². The van der Waals surface area contributed by atoms with Crippen LogP contribution in [0.15, 0.2) is 0 Å². The van der Waals surface area contributed by atoms with Crippen LogP contribution in [0.5, 0.6) is 0 Å². The number of piperidine rings is 1. The van der Waals surface area contributed by atoms with Crippen LogP contribution in [-0.4, -0.2) is 30.1 Å². The molecule has 17 heavy (non-hydrogen) atoms. The fourth-order valence-corrected chi connectivity index (χ4v) is 3.92. The molecule has 1 saturated carbocycles. The van der Waals surface area contributed by atoms with Gasteiger partial charge in [0.15, 0.2) is 0 Å². The number of likely N-dealkylation sites (tertiary alicyclic amines) is 1. The van der Waals surface area contributed by atoms with Crippen LogP contribution >= 0.6 is 0 Å². The largest absolute Gasteiger partial charge is 0.329 e. The Hall–Kier alpha value is -0.0800. The van der Waals surface area contributed by atoms with Gasteiger partial charge in [-0.3, -0.25) is 4.90 Å². The molecule has 1 aliphatic carbocycles. The zero-order valence-corrected chi connectivity index (χ0v) is 11.8. The summed E-state index contributed by atoms with van der Waals surface area (Å²) in [6.07, 6.45) is 9.69. The summed E-state index contributed by atoms with van der Waals surface area (Å²) in [5, 5.41) is 0. The molecule has 2 rings (SSSR count). The Bertz CT molecular complexity index is 233. The fourth-order valence-electron chi connectivity index (χ4n) is 3.92. The molecule has 100 valence electrons. The average molecular weight is 238 g/mol. The Morgan fingerprint density at radius 2 is 1.88 bits per heavy atom. The summed E-state index contributed by atoms with van der Waals surface area (Å²) in [6, 6.07) is 0. The fraction of sp³-hybridized carbons (Fsp3) is 1.00. The van der Waals surface area contributed by atoms with Gasteiger partial charge in [-0.25, -0.2) is 0 Å². The first-order valence-corrected chi connectivity index (χ1v) is 7.63. The standard InChI is InChI=1S/C15H30N2/c1-13(2)14-7-6-8-15(11-14,12-16)17-9-4-3-5-10-17/h13-14H,3-12,16H2,1-2H3. The number of nitrogens with two attached hydrogens (primary N) is 1. The third kappa shape index (κ3) is 2.85. The monoisotopic (exact) mass is 238 g/mol. The molecule has 1 saturated heterocycles. The van der Waals surface area contributed by atoms with Gasteiger partial charge in [0.2, 0.25) is 0 Å². The maximum atomic E-state index is 6.19. The van der Waals surface area contributed by atoms with Crippen LogP contribution in [0, 0.1) is 11.8 Å². The van der Waals surface area contributed by atoms with Crippen LogP contribution in [0.3, 0.4) is 0 Å². The van der Waals surface area contributed by atoms with Crippen molar-refractivity contribution in [3.05, 3.63) is 0 Å². The lowest BCUT2D eigenvalue weighted by Gasteiger charge is -2.50. The van der Waals surface area contributed by atoms with Gasteiger partial charge in [0.25, 0.3) is 0 Å². The minimum absolute atomic E-state index is 0.355. The van der Waals surface area contributed by atoms with Crippen molar-refractivity contribution in [3.8, 4) is 0 Å². The third-order valence-corrected chi connectivity index (χ3v) is 5.21. The van der Waals surface area contributed by atoms with Crippen molar-refractivity contribution >= 4 is 0 Å². The second-order valence-electron chi connectivity index (χ2n) is 6.58. The lowest BCUT2D eigenvalue weighted by molar-refractivity contribution is 0.0127. The van der Waals surface area contributed by atoms with Gasteiger partial charge in [0.1, 0.15) is 0 Å². The summed E-state index contributed by atoms with van der Waals surface area (Å²) in [4.78, 5) is 2.74. The maximum absolute atomic E-state index is 6.19. The van der Waals surface area contributed by atoms with Gasteiger partial charge < -0.3 is 5.73 Å². The molecule has 0 aromatic heterocycles. The molecule has 2 heteroatoms. The number of hydrogen-bond donors (Lipinski definition) is 1. The van der Waals surface area contributed by atoms with Crippen LogP contribution in [0.2, 0.25) is 0 Å². The van der Waals surface area contributed by atoms with Crippen molar-refractivity contribution in [2.75, 3.05) is 19.6 Å². The number of hydrogen-bond acceptors (Lipinski definition) is 2. The normalized spacial score (nSPS) is 36.4. The Morgan fingerprint density at radius 1 is 1.18 bits per heavy atom. The average Bonchev–Trinajstić information content (AvgIpc) is 2.39. The minimum atomic E-state index is 0.355. The molecule has 2 unspecified atom stereocenters. The first-order valence-electron chi connectivity index (χ1n) is 7.63. The Labute approximate surface area is 107 Å². The van der Waals surface area contributed by atoms with Gasteiger partial charge in [-0.1, -0.05) is 33.1 Å². The molecule has 0 bridgehead atoms. The lowest BCUT2D eigenvalue weighted by Crippen LogP contribution is -2.58. The summed E-state index contributed by atoms with van der Waals surface area (Å²) in [5.41, 5.74) is 6.54. The highest BCUT2D eigenvalue weighted by atomic mass is 15.2. The van der Waals surface area contributed by atoms with Crippen LogP contribution in [0.1, 0.15) is 58.8 Å². The van der Waals surface area contributed by atoms with Gasteiger partial charge in [-0.05, 0) is 50.6 Å². The Balaban J connectivity index is 2.06. The van der Waals surface area contributed by atoms with Gasteiger partial charge in [-0.15, -0.1) is 0 Å². The van der Waals surface area contributed by atoms with Gasteiger partial charge in [-0.2, -0.15) is 0 Å². The van der Waals surface area contributed by atoms with Crippen LogP contribution in [0.4, 0.5) is 0 Å². The van der Waals surface area contributed by atoms with E-state index in [0.717, 1.165) is 18.4 Å². The minimum Gasteiger partial charge on any atom is -0.329 e. The molecule has 2 aliphatic rings. The molecular formula is C15H30N2. The summed E-state index contributed by atoms with van der Waals surface area (Å²) in [7, 11) is 0. The molecule has 1 aliphatic heterocycles. The molecule has 0 amide bonds. The van der Waals surface area contributed by atoms with Crippen molar-refractivity contribution in [1.82, 2.24) is 4.90 Å². The molecule has 1 heterocycles. The molecule has 2 atom stereocenters. The predicted molar refractivity (Wildman–Crippen MR) is 74.0 cm³/mol. The molecule has 0 aromatic rings.